The highest BCUT2D eigenvalue weighted by Crippen LogP contribution is 2.29. The fourth-order valence-corrected chi connectivity index (χ4v) is 2.05. The zero-order valence-electron chi connectivity index (χ0n) is 10.8. The Morgan fingerprint density at radius 2 is 2.25 bits per heavy atom. The minimum Gasteiger partial charge on any atom is -0.378 e. The van der Waals surface area contributed by atoms with Crippen LogP contribution in [0.2, 0.25) is 0 Å². The molecule has 1 rings (SSSR count). The van der Waals surface area contributed by atoms with Crippen molar-refractivity contribution in [3.63, 3.8) is 0 Å². The Balaban J connectivity index is 2.14. The number of hydrogen-bond donors (Lipinski definition) is 1. The summed E-state index contributed by atoms with van der Waals surface area (Å²) in [4.78, 5) is 0. The lowest BCUT2D eigenvalue weighted by atomic mass is 9.83. The maximum atomic E-state index is 9.03. The Hall–Kier alpha value is -0.590. The summed E-state index contributed by atoms with van der Waals surface area (Å²) in [5.74, 6) is 0.902. The molecular weight excluding hydrogens is 200 g/mol. The maximum Gasteiger partial charge on any atom is 0.106 e. The van der Waals surface area contributed by atoms with E-state index in [1.54, 1.807) is 0 Å². The molecule has 1 aliphatic carbocycles. The molecule has 0 aromatic carbocycles. The van der Waals surface area contributed by atoms with E-state index in [-0.39, 0.29) is 6.10 Å². The molecule has 0 aromatic rings. The van der Waals surface area contributed by atoms with Gasteiger partial charge in [0.25, 0.3) is 0 Å². The fraction of sp³-hybridized carbons (Fsp3) is 0.923. The lowest BCUT2D eigenvalue weighted by molar-refractivity contribution is 0.0342. The van der Waals surface area contributed by atoms with Crippen molar-refractivity contribution >= 4 is 0 Å². The summed E-state index contributed by atoms with van der Waals surface area (Å²) in [5, 5.41) is 12.1. The lowest BCUT2D eigenvalue weighted by Gasteiger charge is -2.27. The molecule has 0 aliphatic heterocycles. The van der Waals surface area contributed by atoms with Gasteiger partial charge in [0.05, 0.1) is 12.2 Å². The highest BCUT2D eigenvalue weighted by Gasteiger charge is 2.25. The largest absolute Gasteiger partial charge is 0.378 e. The van der Waals surface area contributed by atoms with Gasteiger partial charge >= 0.3 is 0 Å². The molecule has 3 heteroatoms. The molecule has 0 spiro atoms. The van der Waals surface area contributed by atoms with Crippen molar-refractivity contribution in [1.29, 1.82) is 5.26 Å². The van der Waals surface area contributed by atoms with E-state index in [1.165, 1.54) is 25.7 Å². The first-order valence-corrected chi connectivity index (χ1v) is 6.31. The molecule has 2 atom stereocenters. The summed E-state index contributed by atoms with van der Waals surface area (Å²) in [7, 11) is 1.82. The second kappa shape index (κ2) is 6.22. The molecule has 16 heavy (non-hydrogen) atoms. The van der Waals surface area contributed by atoms with E-state index >= 15 is 0 Å². The minimum absolute atomic E-state index is 0.150. The van der Waals surface area contributed by atoms with Gasteiger partial charge in [-0.15, -0.1) is 0 Å². The highest BCUT2D eigenvalue weighted by molar-refractivity contribution is 5.03. The molecule has 1 aliphatic rings. The monoisotopic (exact) mass is 224 g/mol. The Bertz CT molecular complexity index is 245. The summed E-state index contributed by atoms with van der Waals surface area (Å²) in [5.41, 5.74) is -0.462. The SMILES string of the molecule is CNC(C)(C#N)CC(C)OCCC1CCC1. The third-order valence-corrected chi connectivity index (χ3v) is 3.65. The normalized spacial score (nSPS) is 21.9. The second-order valence-electron chi connectivity index (χ2n) is 5.17. The summed E-state index contributed by atoms with van der Waals surface area (Å²) < 4.78 is 5.76. The first-order chi connectivity index (χ1) is 7.59. The van der Waals surface area contributed by atoms with Gasteiger partial charge in [-0.2, -0.15) is 5.26 Å². The standard InChI is InChI=1S/C13H24N2O/c1-11(9-13(2,10-14)15-3)16-8-7-12-5-4-6-12/h11-12,15H,4-9H2,1-3H3. The van der Waals surface area contributed by atoms with E-state index in [0.717, 1.165) is 18.9 Å². The van der Waals surface area contributed by atoms with Crippen molar-refractivity contribution in [3.8, 4) is 6.07 Å². The number of nitrogens with one attached hydrogen (secondary N) is 1. The van der Waals surface area contributed by atoms with Crippen molar-refractivity contribution < 1.29 is 4.74 Å². The van der Waals surface area contributed by atoms with Crippen LogP contribution >= 0.6 is 0 Å². The maximum absolute atomic E-state index is 9.03. The molecule has 0 amide bonds. The minimum atomic E-state index is -0.462. The Kier molecular flexibility index (Phi) is 5.24. The van der Waals surface area contributed by atoms with E-state index in [9.17, 15) is 0 Å². The second-order valence-corrected chi connectivity index (χ2v) is 5.17. The van der Waals surface area contributed by atoms with Crippen LogP contribution in [0.15, 0.2) is 0 Å². The van der Waals surface area contributed by atoms with E-state index in [2.05, 4.69) is 11.4 Å². The van der Waals surface area contributed by atoms with Crippen molar-refractivity contribution in [3.05, 3.63) is 0 Å². The van der Waals surface area contributed by atoms with Gasteiger partial charge in [0.15, 0.2) is 0 Å². The molecule has 0 radical (unpaired) electrons. The molecule has 1 saturated carbocycles. The molecule has 92 valence electrons. The van der Waals surface area contributed by atoms with Gasteiger partial charge in [-0.3, -0.25) is 0 Å². The van der Waals surface area contributed by atoms with Crippen LogP contribution in [0.25, 0.3) is 0 Å². The molecule has 1 N–H and O–H groups in total. The van der Waals surface area contributed by atoms with Crippen LogP contribution in [0.3, 0.4) is 0 Å². The Morgan fingerprint density at radius 1 is 1.56 bits per heavy atom. The van der Waals surface area contributed by atoms with Crippen LogP contribution in [0.4, 0.5) is 0 Å². The highest BCUT2D eigenvalue weighted by atomic mass is 16.5. The van der Waals surface area contributed by atoms with Crippen LogP contribution in [0.1, 0.15) is 46.0 Å². The first kappa shape index (κ1) is 13.5. The van der Waals surface area contributed by atoms with Gasteiger partial charge in [-0.25, -0.2) is 0 Å². The number of ether oxygens (including phenoxy) is 1. The van der Waals surface area contributed by atoms with Crippen LogP contribution in [-0.4, -0.2) is 25.3 Å². The van der Waals surface area contributed by atoms with Crippen LogP contribution in [0, 0.1) is 17.2 Å². The number of nitriles is 1. The van der Waals surface area contributed by atoms with Gasteiger partial charge in [0, 0.05) is 13.0 Å². The van der Waals surface area contributed by atoms with E-state index in [0.29, 0.717) is 0 Å². The van der Waals surface area contributed by atoms with Crippen molar-refractivity contribution in [2.24, 2.45) is 5.92 Å². The van der Waals surface area contributed by atoms with E-state index in [1.807, 2.05) is 20.9 Å². The third-order valence-electron chi connectivity index (χ3n) is 3.65. The summed E-state index contributed by atoms with van der Waals surface area (Å²) in [6, 6.07) is 2.29. The van der Waals surface area contributed by atoms with Crippen molar-refractivity contribution in [2.45, 2.75) is 57.6 Å². The summed E-state index contributed by atoms with van der Waals surface area (Å²) in [6.45, 7) is 4.81. The van der Waals surface area contributed by atoms with Gasteiger partial charge in [0.1, 0.15) is 5.54 Å². The van der Waals surface area contributed by atoms with Gasteiger partial charge in [0.2, 0.25) is 0 Å². The Morgan fingerprint density at radius 3 is 2.69 bits per heavy atom. The van der Waals surface area contributed by atoms with Crippen LogP contribution in [0.5, 0.6) is 0 Å². The smallest absolute Gasteiger partial charge is 0.106 e. The van der Waals surface area contributed by atoms with Crippen LogP contribution in [-0.2, 0) is 4.74 Å². The molecule has 0 bridgehead atoms. The quantitative estimate of drug-likeness (QED) is 0.722. The third kappa shape index (κ3) is 4.11. The number of hydrogen-bond acceptors (Lipinski definition) is 3. The lowest BCUT2D eigenvalue weighted by Crippen LogP contribution is -2.41. The average Bonchev–Trinajstić information content (AvgIpc) is 2.21. The molecule has 0 heterocycles. The Labute approximate surface area is 99.2 Å². The number of rotatable bonds is 7. The molecule has 3 nitrogen and oxygen atoms in total. The van der Waals surface area contributed by atoms with Crippen molar-refractivity contribution in [1.82, 2.24) is 5.32 Å². The topological polar surface area (TPSA) is 45.0 Å². The van der Waals surface area contributed by atoms with Crippen molar-refractivity contribution in [2.75, 3.05) is 13.7 Å². The van der Waals surface area contributed by atoms with E-state index in [4.69, 9.17) is 10.00 Å². The fourth-order valence-electron chi connectivity index (χ4n) is 2.05. The zero-order valence-corrected chi connectivity index (χ0v) is 10.8. The molecule has 0 aromatic heterocycles. The predicted molar refractivity (Wildman–Crippen MR) is 65.1 cm³/mol. The molecule has 0 saturated heterocycles. The summed E-state index contributed by atoms with van der Waals surface area (Å²) >= 11 is 0. The number of nitrogens with zero attached hydrogens (tertiary/aromatic N) is 1. The molecule has 1 fully saturated rings. The van der Waals surface area contributed by atoms with Gasteiger partial charge < -0.3 is 10.1 Å². The molecule has 2 unspecified atom stereocenters. The average molecular weight is 224 g/mol. The first-order valence-electron chi connectivity index (χ1n) is 6.31. The summed E-state index contributed by atoms with van der Waals surface area (Å²) in [6.07, 6.45) is 6.23. The predicted octanol–water partition coefficient (Wildman–Crippen LogP) is 2.47. The van der Waals surface area contributed by atoms with Gasteiger partial charge in [-0.1, -0.05) is 19.3 Å². The van der Waals surface area contributed by atoms with Gasteiger partial charge in [-0.05, 0) is 33.2 Å². The zero-order chi connectivity index (χ0) is 12.0. The molecular formula is C13H24N2O. The van der Waals surface area contributed by atoms with E-state index < -0.39 is 5.54 Å². The van der Waals surface area contributed by atoms with Crippen LogP contribution < -0.4 is 5.32 Å².